The Hall–Kier alpha value is -2.47. The molecular weight excluding hydrogens is 373 g/mol. The van der Waals surface area contributed by atoms with Gasteiger partial charge in [-0.05, 0) is 36.8 Å². The van der Waals surface area contributed by atoms with Crippen LogP contribution in [0.2, 0.25) is 0 Å². The standard InChI is InChI=1S/C18H15BrFN3O/c1-11(12-5-7-15(20)8-6-12)22-18(24)16-10-21-23-17(16)13-3-2-4-14(19)9-13/h2-11H,1H3,(H,21,23)(H,22,24). The van der Waals surface area contributed by atoms with E-state index in [1.165, 1.54) is 18.3 Å². The highest BCUT2D eigenvalue weighted by atomic mass is 79.9. The molecule has 4 nitrogen and oxygen atoms in total. The van der Waals surface area contributed by atoms with Crippen molar-refractivity contribution in [3.63, 3.8) is 0 Å². The lowest BCUT2D eigenvalue weighted by Gasteiger charge is -2.14. The number of hydrogen-bond donors (Lipinski definition) is 2. The number of nitrogens with one attached hydrogen (secondary N) is 2. The summed E-state index contributed by atoms with van der Waals surface area (Å²) in [7, 11) is 0. The average Bonchev–Trinajstić information content (AvgIpc) is 3.05. The van der Waals surface area contributed by atoms with E-state index in [0.29, 0.717) is 11.3 Å². The zero-order chi connectivity index (χ0) is 17.1. The SMILES string of the molecule is CC(NC(=O)c1cn[nH]c1-c1cccc(Br)c1)c1ccc(F)cc1. The highest BCUT2D eigenvalue weighted by molar-refractivity contribution is 9.10. The number of nitrogens with zero attached hydrogens (tertiary/aromatic N) is 1. The van der Waals surface area contributed by atoms with Gasteiger partial charge >= 0.3 is 0 Å². The topological polar surface area (TPSA) is 57.8 Å². The van der Waals surface area contributed by atoms with Gasteiger partial charge in [-0.15, -0.1) is 0 Å². The van der Waals surface area contributed by atoms with Gasteiger partial charge < -0.3 is 5.32 Å². The normalized spacial score (nSPS) is 12.0. The average molecular weight is 388 g/mol. The summed E-state index contributed by atoms with van der Waals surface area (Å²) >= 11 is 3.42. The van der Waals surface area contributed by atoms with Gasteiger partial charge in [0, 0.05) is 10.0 Å². The van der Waals surface area contributed by atoms with Crippen molar-refractivity contribution >= 4 is 21.8 Å². The molecule has 122 valence electrons. The number of hydrogen-bond acceptors (Lipinski definition) is 2. The summed E-state index contributed by atoms with van der Waals surface area (Å²) in [6.07, 6.45) is 1.50. The zero-order valence-corrected chi connectivity index (χ0v) is 14.5. The van der Waals surface area contributed by atoms with Crippen LogP contribution in [-0.2, 0) is 0 Å². The molecule has 1 atom stereocenters. The zero-order valence-electron chi connectivity index (χ0n) is 12.9. The van der Waals surface area contributed by atoms with Gasteiger partial charge in [0.25, 0.3) is 5.91 Å². The smallest absolute Gasteiger partial charge is 0.255 e. The minimum atomic E-state index is -0.302. The molecule has 24 heavy (non-hydrogen) atoms. The fraction of sp³-hybridized carbons (Fsp3) is 0.111. The van der Waals surface area contributed by atoms with Crippen LogP contribution in [0.4, 0.5) is 4.39 Å². The lowest BCUT2D eigenvalue weighted by atomic mass is 10.1. The number of aromatic nitrogens is 2. The fourth-order valence-electron chi connectivity index (χ4n) is 2.43. The number of H-pyrrole nitrogens is 1. The Morgan fingerprint density at radius 1 is 1.25 bits per heavy atom. The van der Waals surface area contributed by atoms with Crippen LogP contribution in [0.3, 0.4) is 0 Å². The Morgan fingerprint density at radius 2 is 2.00 bits per heavy atom. The van der Waals surface area contributed by atoms with Crippen molar-refractivity contribution in [3.8, 4) is 11.3 Å². The summed E-state index contributed by atoms with van der Waals surface area (Å²) in [5, 5.41) is 9.77. The molecule has 2 N–H and O–H groups in total. The summed E-state index contributed by atoms with van der Waals surface area (Å²) in [6.45, 7) is 1.85. The van der Waals surface area contributed by atoms with Gasteiger partial charge in [0.2, 0.25) is 0 Å². The monoisotopic (exact) mass is 387 g/mol. The lowest BCUT2D eigenvalue weighted by Crippen LogP contribution is -2.26. The largest absolute Gasteiger partial charge is 0.345 e. The molecule has 1 unspecified atom stereocenters. The van der Waals surface area contributed by atoms with Crippen molar-refractivity contribution in [2.24, 2.45) is 0 Å². The van der Waals surface area contributed by atoms with Crippen LogP contribution in [0.15, 0.2) is 59.2 Å². The summed E-state index contributed by atoms with van der Waals surface area (Å²) < 4.78 is 13.9. The van der Waals surface area contributed by atoms with Crippen LogP contribution in [0.25, 0.3) is 11.3 Å². The molecule has 1 aromatic heterocycles. The van der Waals surface area contributed by atoms with E-state index >= 15 is 0 Å². The van der Waals surface area contributed by atoms with Crippen molar-refractivity contribution in [1.82, 2.24) is 15.5 Å². The first-order valence-electron chi connectivity index (χ1n) is 7.40. The first kappa shape index (κ1) is 16.4. The van der Waals surface area contributed by atoms with Crippen LogP contribution < -0.4 is 5.32 Å². The third-order valence-electron chi connectivity index (χ3n) is 3.71. The predicted octanol–water partition coefficient (Wildman–Crippen LogP) is 4.47. The second-order valence-electron chi connectivity index (χ2n) is 5.42. The molecule has 0 aliphatic heterocycles. The van der Waals surface area contributed by atoms with Crippen molar-refractivity contribution in [2.75, 3.05) is 0 Å². The second kappa shape index (κ2) is 6.97. The van der Waals surface area contributed by atoms with E-state index in [9.17, 15) is 9.18 Å². The van der Waals surface area contributed by atoms with Gasteiger partial charge in [-0.1, -0.05) is 40.2 Å². The van der Waals surface area contributed by atoms with Crippen LogP contribution in [0, 0.1) is 5.82 Å². The summed E-state index contributed by atoms with van der Waals surface area (Å²) in [5.74, 6) is -0.542. The Kier molecular flexibility index (Phi) is 4.76. The van der Waals surface area contributed by atoms with E-state index < -0.39 is 0 Å². The molecule has 0 aliphatic carbocycles. The molecule has 1 amide bonds. The quantitative estimate of drug-likeness (QED) is 0.693. The van der Waals surface area contributed by atoms with E-state index in [0.717, 1.165) is 15.6 Å². The number of halogens is 2. The van der Waals surface area contributed by atoms with Crippen LogP contribution in [0.5, 0.6) is 0 Å². The maximum absolute atomic E-state index is 13.0. The third-order valence-corrected chi connectivity index (χ3v) is 4.21. The van der Waals surface area contributed by atoms with Gasteiger partial charge in [0.05, 0.1) is 23.5 Å². The highest BCUT2D eigenvalue weighted by Crippen LogP contribution is 2.25. The molecule has 3 rings (SSSR count). The molecule has 0 aliphatic rings. The Labute approximate surface area is 147 Å². The summed E-state index contributed by atoms with van der Waals surface area (Å²) in [6, 6.07) is 13.4. The van der Waals surface area contributed by atoms with Crippen molar-refractivity contribution in [2.45, 2.75) is 13.0 Å². The number of carbonyl (C=O) groups excluding carboxylic acids is 1. The summed E-state index contributed by atoms with van der Waals surface area (Å²) in [4.78, 5) is 12.6. The number of benzene rings is 2. The molecule has 0 saturated heterocycles. The minimum Gasteiger partial charge on any atom is -0.345 e. The second-order valence-corrected chi connectivity index (χ2v) is 6.33. The molecule has 1 heterocycles. The fourth-order valence-corrected chi connectivity index (χ4v) is 2.83. The van der Waals surface area contributed by atoms with Gasteiger partial charge in [-0.25, -0.2) is 4.39 Å². The number of aromatic amines is 1. The molecule has 2 aromatic carbocycles. The van der Waals surface area contributed by atoms with Crippen LogP contribution in [0.1, 0.15) is 28.9 Å². The number of amides is 1. The molecule has 0 radical (unpaired) electrons. The Bertz CT molecular complexity index is 861. The van der Waals surface area contributed by atoms with Crippen molar-refractivity contribution in [3.05, 3.63) is 76.1 Å². The van der Waals surface area contributed by atoms with Gasteiger partial charge in [0.15, 0.2) is 0 Å². The molecule has 0 saturated carbocycles. The van der Waals surface area contributed by atoms with E-state index in [2.05, 4.69) is 31.4 Å². The molecule has 6 heteroatoms. The molecule has 0 bridgehead atoms. The first-order chi connectivity index (χ1) is 11.5. The molecular formula is C18H15BrFN3O. The van der Waals surface area contributed by atoms with Crippen LogP contribution in [-0.4, -0.2) is 16.1 Å². The Morgan fingerprint density at radius 3 is 2.71 bits per heavy atom. The lowest BCUT2D eigenvalue weighted by molar-refractivity contribution is 0.0940. The minimum absolute atomic E-state index is 0.240. The van der Waals surface area contributed by atoms with Crippen LogP contribution >= 0.6 is 15.9 Å². The van der Waals surface area contributed by atoms with Gasteiger partial charge in [-0.2, -0.15) is 5.10 Å². The maximum Gasteiger partial charge on any atom is 0.255 e. The third kappa shape index (κ3) is 3.54. The first-order valence-corrected chi connectivity index (χ1v) is 8.19. The van der Waals surface area contributed by atoms with E-state index in [4.69, 9.17) is 0 Å². The van der Waals surface area contributed by atoms with Crippen molar-refractivity contribution < 1.29 is 9.18 Å². The summed E-state index contributed by atoms with van der Waals surface area (Å²) in [5.41, 5.74) is 2.81. The molecule has 3 aromatic rings. The van der Waals surface area contributed by atoms with Gasteiger partial charge in [0.1, 0.15) is 5.82 Å². The van der Waals surface area contributed by atoms with E-state index in [1.807, 2.05) is 31.2 Å². The van der Waals surface area contributed by atoms with Crippen molar-refractivity contribution in [1.29, 1.82) is 0 Å². The number of carbonyl (C=O) groups is 1. The highest BCUT2D eigenvalue weighted by Gasteiger charge is 2.18. The van der Waals surface area contributed by atoms with Gasteiger partial charge in [-0.3, -0.25) is 9.89 Å². The van der Waals surface area contributed by atoms with E-state index in [1.54, 1.807) is 12.1 Å². The molecule has 0 spiro atoms. The van der Waals surface area contributed by atoms with E-state index in [-0.39, 0.29) is 17.8 Å². The predicted molar refractivity (Wildman–Crippen MR) is 94.0 cm³/mol. The maximum atomic E-state index is 13.0. The number of rotatable bonds is 4. The molecule has 0 fully saturated rings. The Balaban J connectivity index is 1.81.